The average molecular weight is 284 g/mol. The second-order valence-corrected chi connectivity index (χ2v) is 5.61. The summed E-state index contributed by atoms with van der Waals surface area (Å²) in [6.45, 7) is 3.26. The van der Waals surface area contributed by atoms with Crippen molar-refractivity contribution < 1.29 is 5.11 Å². The third-order valence-electron chi connectivity index (χ3n) is 3.98. The lowest BCUT2D eigenvalue weighted by Gasteiger charge is -2.19. The molecular weight excluding hydrogens is 262 g/mol. The standard InChI is InChI=1S/C14H22ClN3O/c1-2-4-12-13(15)17-9-18-14(12)16-7-10-5-3-6-11(10)8-19/h9-11,19H,2-8H2,1H3,(H,16,17,18). The van der Waals surface area contributed by atoms with Gasteiger partial charge in [-0.15, -0.1) is 0 Å². The summed E-state index contributed by atoms with van der Waals surface area (Å²) in [5, 5.41) is 13.3. The Bertz CT molecular complexity index is 414. The van der Waals surface area contributed by atoms with Gasteiger partial charge in [-0.25, -0.2) is 9.97 Å². The first-order valence-electron chi connectivity index (χ1n) is 7.10. The summed E-state index contributed by atoms with van der Waals surface area (Å²) in [5.41, 5.74) is 1.00. The lowest BCUT2D eigenvalue weighted by atomic mass is 9.97. The molecule has 1 aliphatic carbocycles. The van der Waals surface area contributed by atoms with E-state index in [-0.39, 0.29) is 0 Å². The summed E-state index contributed by atoms with van der Waals surface area (Å²) >= 11 is 6.13. The minimum absolute atomic E-state index is 0.290. The summed E-state index contributed by atoms with van der Waals surface area (Å²) in [4.78, 5) is 8.34. The number of nitrogens with zero attached hydrogens (tertiary/aromatic N) is 2. The summed E-state index contributed by atoms with van der Waals surface area (Å²) in [6, 6.07) is 0. The van der Waals surface area contributed by atoms with Crippen molar-refractivity contribution in [2.75, 3.05) is 18.5 Å². The van der Waals surface area contributed by atoms with E-state index in [1.165, 1.54) is 19.2 Å². The van der Waals surface area contributed by atoms with Crippen LogP contribution in [0.4, 0.5) is 5.82 Å². The molecule has 1 fully saturated rings. The van der Waals surface area contributed by atoms with Gasteiger partial charge in [0.05, 0.1) is 0 Å². The maximum Gasteiger partial charge on any atom is 0.137 e. The van der Waals surface area contributed by atoms with Crippen LogP contribution in [0, 0.1) is 11.8 Å². The number of nitrogens with one attached hydrogen (secondary N) is 1. The smallest absolute Gasteiger partial charge is 0.137 e. The monoisotopic (exact) mass is 283 g/mol. The number of aromatic nitrogens is 2. The lowest BCUT2D eigenvalue weighted by Crippen LogP contribution is -2.21. The maximum atomic E-state index is 9.34. The molecule has 0 spiro atoms. The Labute approximate surface area is 119 Å². The molecule has 2 unspecified atom stereocenters. The summed E-state index contributed by atoms with van der Waals surface area (Å²) in [5.74, 6) is 1.82. The van der Waals surface area contributed by atoms with Crippen LogP contribution >= 0.6 is 11.6 Å². The van der Waals surface area contributed by atoms with Crippen molar-refractivity contribution in [3.05, 3.63) is 17.0 Å². The molecular formula is C14H22ClN3O. The van der Waals surface area contributed by atoms with Gasteiger partial charge in [0, 0.05) is 18.7 Å². The largest absolute Gasteiger partial charge is 0.396 e. The number of aliphatic hydroxyl groups excluding tert-OH is 1. The van der Waals surface area contributed by atoms with Gasteiger partial charge in [-0.3, -0.25) is 0 Å². The number of rotatable bonds is 6. The molecule has 2 rings (SSSR count). The fourth-order valence-electron chi connectivity index (χ4n) is 2.87. The molecule has 106 valence electrons. The van der Waals surface area contributed by atoms with E-state index in [0.29, 0.717) is 23.6 Å². The number of hydrogen-bond acceptors (Lipinski definition) is 4. The molecule has 5 heteroatoms. The Morgan fingerprint density at radius 1 is 1.37 bits per heavy atom. The van der Waals surface area contributed by atoms with Crippen LogP contribution in [-0.2, 0) is 6.42 Å². The highest BCUT2D eigenvalue weighted by atomic mass is 35.5. The highest BCUT2D eigenvalue weighted by Crippen LogP contribution is 2.32. The molecule has 1 heterocycles. The molecule has 2 atom stereocenters. The molecule has 4 nitrogen and oxygen atoms in total. The SMILES string of the molecule is CCCc1c(Cl)ncnc1NCC1CCCC1CO. The van der Waals surface area contributed by atoms with Crippen LogP contribution in [0.15, 0.2) is 6.33 Å². The fraction of sp³-hybridized carbons (Fsp3) is 0.714. The van der Waals surface area contributed by atoms with Gasteiger partial charge in [-0.1, -0.05) is 31.4 Å². The highest BCUT2D eigenvalue weighted by molar-refractivity contribution is 6.30. The van der Waals surface area contributed by atoms with E-state index in [9.17, 15) is 5.11 Å². The fourth-order valence-corrected chi connectivity index (χ4v) is 3.09. The summed E-state index contributed by atoms with van der Waals surface area (Å²) < 4.78 is 0. The molecule has 0 aromatic carbocycles. The van der Waals surface area contributed by atoms with Gasteiger partial charge in [-0.2, -0.15) is 0 Å². The molecule has 19 heavy (non-hydrogen) atoms. The topological polar surface area (TPSA) is 58.0 Å². The van der Waals surface area contributed by atoms with Gasteiger partial charge in [0.2, 0.25) is 0 Å². The molecule has 1 aliphatic rings. The minimum atomic E-state index is 0.290. The van der Waals surface area contributed by atoms with Gasteiger partial charge < -0.3 is 10.4 Å². The first kappa shape index (κ1) is 14.5. The number of anilines is 1. The van der Waals surface area contributed by atoms with Gasteiger partial charge in [0.1, 0.15) is 17.3 Å². The zero-order valence-corrected chi connectivity index (χ0v) is 12.2. The van der Waals surface area contributed by atoms with Crippen LogP contribution < -0.4 is 5.32 Å². The predicted octanol–water partition coefficient (Wildman–Crippen LogP) is 2.90. The third-order valence-corrected chi connectivity index (χ3v) is 4.30. The normalized spacial score (nSPS) is 22.7. The average Bonchev–Trinajstić information content (AvgIpc) is 2.87. The van der Waals surface area contributed by atoms with Crippen LogP contribution in [0.2, 0.25) is 5.15 Å². The van der Waals surface area contributed by atoms with Gasteiger partial charge in [-0.05, 0) is 31.1 Å². The van der Waals surface area contributed by atoms with E-state index >= 15 is 0 Å². The lowest BCUT2D eigenvalue weighted by molar-refractivity contribution is 0.199. The Hall–Kier alpha value is -0.870. The van der Waals surface area contributed by atoms with Crippen molar-refractivity contribution >= 4 is 17.4 Å². The van der Waals surface area contributed by atoms with E-state index in [2.05, 4.69) is 22.2 Å². The Balaban J connectivity index is 2.01. The zero-order valence-electron chi connectivity index (χ0n) is 11.4. The van der Waals surface area contributed by atoms with E-state index in [4.69, 9.17) is 11.6 Å². The Morgan fingerprint density at radius 2 is 2.16 bits per heavy atom. The van der Waals surface area contributed by atoms with E-state index in [1.54, 1.807) is 0 Å². The molecule has 1 aromatic heterocycles. The molecule has 0 aliphatic heterocycles. The summed E-state index contributed by atoms with van der Waals surface area (Å²) in [7, 11) is 0. The number of aliphatic hydroxyl groups is 1. The van der Waals surface area contributed by atoms with Crippen molar-refractivity contribution in [3.63, 3.8) is 0 Å². The van der Waals surface area contributed by atoms with E-state index in [1.807, 2.05) is 0 Å². The second-order valence-electron chi connectivity index (χ2n) is 5.26. The van der Waals surface area contributed by atoms with Crippen molar-refractivity contribution in [3.8, 4) is 0 Å². The van der Waals surface area contributed by atoms with E-state index < -0.39 is 0 Å². The molecule has 0 saturated heterocycles. The Kier molecular flexibility index (Phi) is 5.40. The molecule has 1 saturated carbocycles. The van der Waals surface area contributed by atoms with Gasteiger partial charge in [0.15, 0.2) is 0 Å². The molecule has 0 bridgehead atoms. The van der Waals surface area contributed by atoms with Crippen molar-refractivity contribution in [1.29, 1.82) is 0 Å². The van der Waals surface area contributed by atoms with Crippen molar-refractivity contribution in [2.45, 2.75) is 39.0 Å². The zero-order chi connectivity index (χ0) is 13.7. The molecule has 1 aromatic rings. The Morgan fingerprint density at radius 3 is 2.89 bits per heavy atom. The van der Waals surface area contributed by atoms with Crippen LogP contribution in [-0.4, -0.2) is 28.2 Å². The highest BCUT2D eigenvalue weighted by Gasteiger charge is 2.26. The first-order valence-corrected chi connectivity index (χ1v) is 7.48. The van der Waals surface area contributed by atoms with Crippen LogP contribution in [0.1, 0.15) is 38.2 Å². The second kappa shape index (κ2) is 7.06. The number of hydrogen-bond donors (Lipinski definition) is 2. The molecule has 0 amide bonds. The van der Waals surface area contributed by atoms with Crippen molar-refractivity contribution in [2.24, 2.45) is 11.8 Å². The summed E-state index contributed by atoms with van der Waals surface area (Å²) in [6.07, 6.45) is 6.93. The quantitative estimate of drug-likeness (QED) is 0.788. The van der Waals surface area contributed by atoms with Crippen LogP contribution in [0.3, 0.4) is 0 Å². The van der Waals surface area contributed by atoms with Crippen LogP contribution in [0.25, 0.3) is 0 Å². The predicted molar refractivity (Wildman–Crippen MR) is 77.4 cm³/mol. The number of halogens is 1. The minimum Gasteiger partial charge on any atom is -0.396 e. The van der Waals surface area contributed by atoms with Gasteiger partial charge in [0.25, 0.3) is 0 Å². The van der Waals surface area contributed by atoms with Crippen molar-refractivity contribution in [1.82, 2.24) is 9.97 Å². The maximum absolute atomic E-state index is 9.34. The first-order chi connectivity index (χ1) is 9.26. The van der Waals surface area contributed by atoms with Gasteiger partial charge >= 0.3 is 0 Å². The molecule has 2 N–H and O–H groups in total. The van der Waals surface area contributed by atoms with E-state index in [0.717, 1.165) is 37.2 Å². The third kappa shape index (κ3) is 3.57. The van der Waals surface area contributed by atoms with Crippen LogP contribution in [0.5, 0.6) is 0 Å². The molecule has 0 radical (unpaired) electrons.